The van der Waals surface area contributed by atoms with E-state index in [0.29, 0.717) is 5.92 Å². The molecule has 0 aliphatic heterocycles. The van der Waals surface area contributed by atoms with E-state index >= 15 is 0 Å². The Labute approximate surface area is 195 Å². The highest BCUT2D eigenvalue weighted by Crippen LogP contribution is 2.55. The molecule has 3 nitrogen and oxygen atoms in total. The summed E-state index contributed by atoms with van der Waals surface area (Å²) in [6.07, 6.45) is 8.56. The van der Waals surface area contributed by atoms with Gasteiger partial charge in [-0.05, 0) is 62.7 Å². The maximum Gasteiger partial charge on any atom is 0.0177 e. The van der Waals surface area contributed by atoms with E-state index in [1.807, 2.05) is 0 Å². The van der Waals surface area contributed by atoms with Gasteiger partial charge in [-0.3, -0.25) is 0 Å². The summed E-state index contributed by atoms with van der Waals surface area (Å²) >= 11 is 9.82. The van der Waals surface area contributed by atoms with E-state index in [9.17, 15) is 0 Å². The summed E-state index contributed by atoms with van der Waals surface area (Å²) < 4.78 is 0. The van der Waals surface area contributed by atoms with Gasteiger partial charge in [-0.2, -0.15) is 0 Å². The molecule has 0 amide bonds. The number of hydrogen-bond donors (Lipinski definition) is 4. The lowest BCUT2D eigenvalue weighted by Gasteiger charge is -2.59. The van der Waals surface area contributed by atoms with Gasteiger partial charge in [-0.15, -0.1) is 49.6 Å². The van der Waals surface area contributed by atoms with Crippen LogP contribution in [0.1, 0.15) is 58.8 Å². The molecule has 6 N–H and O–H groups in total. The summed E-state index contributed by atoms with van der Waals surface area (Å²) in [5.41, 5.74) is 18.7. The molecule has 162 valence electrons. The summed E-state index contributed by atoms with van der Waals surface area (Å²) in [5.74, 6) is 3.25. The highest BCUT2D eigenvalue weighted by molar-refractivity contribution is 8.46. The zero-order valence-electron chi connectivity index (χ0n) is 15.6. The smallest absolute Gasteiger partial charge is 0.0177 e. The van der Waals surface area contributed by atoms with E-state index in [0.717, 1.165) is 30.4 Å². The Bertz CT molecular complexity index is 436. The molecule has 4 aliphatic rings. The van der Waals surface area contributed by atoms with Crippen molar-refractivity contribution >= 4 is 80.0 Å². The van der Waals surface area contributed by atoms with Gasteiger partial charge in [-0.25, -0.2) is 0 Å². The second-order valence-electron chi connectivity index (χ2n) is 8.59. The van der Waals surface area contributed by atoms with Crippen molar-refractivity contribution in [2.45, 2.75) is 75.9 Å². The van der Waals surface area contributed by atoms with Crippen LogP contribution >= 0.6 is 49.6 Å². The van der Waals surface area contributed by atoms with E-state index < -0.39 is 8.01 Å². The van der Waals surface area contributed by atoms with Crippen LogP contribution in [0.3, 0.4) is 0 Å². The summed E-state index contributed by atoms with van der Waals surface area (Å²) in [6.45, 7) is 4.32. The number of thiol groups is 1. The average molecular weight is 510 g/mol. The van der Waals surface area contributed by atoms with Gasteiger partial charge in [-0.1, -0.05) is 44.2 Å². The maximum atomic E-state index is 6.33. The van der Waals surface area contributed by atoms with E-state index in [4.69, 9.17) is 39.6 Å². The lowest BCUT2D eigenvalue weighted by molar-refractivity contribution is -0.0173. The lowest BCUT2D eigenvalue weighted by atomic mass is 9.50. The third-order valence-corrected chi connectivity index (χ3v) is 6.97. The number of nitrogens with two attached hydrogens (primary N) is 3. The Kier molecular flexibility index (Phi) is 16.5. The number of halogens is 4. The SMILES string of the molecule is CC(C)C[C@H](N)C[SH](=S)=S.Cl.Cl.Cl.Cl.NC12CC3CC(C1)CC(N)(C3)C2. The number of hydrogen-bond acceptors (Lipinski definition) is 5. The summed E-state index contributed by atoms with van der Waals surface area (Å²) in [5, 5.41) is 0. The van der Waals surface area contributed by atoms with Gasteiger partial charge >= 0.3 is 0 Å². The molecule has 10 heteroatoms. The molecular formula is C16H37Cl4N3S3. The Balaban J connectivity index is -0.000000359. The Morgan fingerprint density at radius 3 is 1.58 bits per heavy atom. The molecule has 4 fully saturated rings. The first-order chi connectivity index (χ1) is 10.1. The van der Waals surface area contributed by atoms with Gasteiger partial charge in [0.2, 0.25) is 0 Å². The Morgan fingerprint density at radius 1 is 0.923 bits per heavy atom. The summed E-state index contributed by atoms with van der Waals surface area (Å²) in [6, 6.07) is 0.237. The fourth-order valence-electron chi connectivity index (χ4n) is 5.28. The van der Waals surface area contributed by atoms with Gasteiger partial charge in [0.05, 0.1) is 0 Å². The molecule has 26 heavy (non-hydrogen) atoms. The van der Waals surface area contributed by atoms with Crippen LogP contribution in [0.25, 0.3) is 0 Å². The van der Waals surface area contributed by atoms with Crippen molar-refractivity contribution in [3.63, 3.8) is 0 Å². The fourth-order valence-corrected chi connectivity index (χ4v) is 6.96. The second-order valence-corrected chi connectivity index (χ2v) is 13.0. The maximum absolute atomic E-state index is 6.33. The summed E-state index contributed by atoms with van der Waals surface area (Å²) in [4.78, 5) is 0. The third kappa shape index (κ3) is 10.0. The van der Waals surface area contributed by atoms with Gasteiger partial charge < -0.3 is 17.2 Å². The predicted octanol–water partition coefficient (Wildman–Crippen LogP) is 3.32. The minimum atomic E-state index is -0.629. The zero-order chi connectivity index (χ0) is 16.5. The molecule has 4 aliphatic carbocycles. The average Bonchev–Trinajstić information content (AvgIpc) is 2.20. The molecule has 0 radical (unpaired) electrons. The van der Waals surface area contributed by atoms with Crippen molar-refractivity contribution < 1.29 is 0 Å². The zero-order valence-corrected chi connectivity index (χ0v) is 21.4. The van der Waals surface area contributed by atoms with Gasteiger partial charge in [0.25, 0.3) is 0 Å². The molecule has 4 saturated carbocycles. The first kappa shape index (κ1) is 32.5. The molecule has 4 rings (SSSR count). The van der Waals surface area contributed by atoms with E-state index in [1.165, 1.54) is 32.1 Å². The molecule has 0 saturated heterocycles. The summed E-state index contributed by atoms with van der Waals surface area (Å²) in [7, 11) is -0.629. The van der Waals surface area contributed by atoms with E-state index in [2.05, 4.69) is 13.8 Å². The quantitative estimate of drug-likeness (QED) is 0.438. The van der Waals surface area contributed by atoms with Crippen molar-refractivity contribution in [1.82, 2.24) is 0 Å². The largest absolute Gasteiger partial charge is 0.327 e. The van der Waals surface area contributed by atoms with Crippen LogP contribution in [0, 0.1) is 17.8 Å². The first-order valence-electron chi connectivity index (χ1n) is 8.54. The van der Waals surface area contributed by atoms with Crippen LogP contribution in [0.5, 0.6) is 0 Å². The third-order valence-electron chi connectivity index (χ3n) is 5.31. The number of rotatable bonds is 4. The second kappa shape index (κ2) is 13.2. The van der Waals surface area contributed by atoms with Gasteiger partial charge in [0.15, 0.2) is 0 Å². The highest BCUT2D eigenvalue weighted by Gasteiger charge is 2.54. The lowest BCUT2D eigenvalue weighted by Crippen LogP contribution is -2.66. The molecular weight excluding hydrogens is 472 g/mol. The monoisotopic (exact) mass is 507 g/mol. The molecule has 0 unspecified atom stereocenters. The van der Waals surface area contributed by atoms with E-state index in [-0.39, 0.29) is 66.7 Å². The molecule has 0 aromatic carbocycles. The minimum Gasteiger partial charge on any atom is -0.327 e. The minimum absolute atomic E-state index is 0. The topological polar surface area (TPSA) is 78.1 Å². The Morgan fingerprint density at radius 2 is 1.31 bits per heavy atom. The van der Waals surface area contributed by atoms with Gasteiger partial charge in [0, 0.05) is 22.9 Å². The molecule has 4 bridgehead atoms. The van der Waals surface area contributed by atoms with Crippen LogP contribution in [0.15, 0.2) is 0 Å². The van der Waals surface area contributed by atoms with Gasteiger partial charge in [0.1, 0.15) is 0 Å². The first-order valence-corrected chi connectivity index (χ1v) is 12.1. The highest BCUT2D eigenvalue weighted by atomic mass is 35.5. The molecule has 0 heterocycles. The molecule has 0 aromatic rings. The Hall–Kier alpha value is 1.83. The van der Waals surface area contributed by atoms with Crippen molar-refractivity contribution in [3.8, 4) is 0 Å². The molecule has 1 atom stereocenters. The van der Waals surface area contributed by atoms with E-state index in [1.54, 1.807) is 0 Å². The van der Waals surface area contributed by atoms with Crippen molar-refractivity contribution in [2.75, 3.05) is 5.75 Å². The van der Waals surface area contributed by atoms with Crippen LogP contribution in [-0.2, 0) is 30.4 Å². The molecule has 0 aromatic heterocycles. The fraction of sp³-hybridized carbons (Fsp3) is 1.00. The predicted molar refractivity (Wildman–Crippen MR) is 133 cm³/mol. The standard InChI is InChI=1S/C10H18N2.C6H15NS3.4ClH/c11-9-2-7-1-8(4-9)5-10(12,3-7)6-9;1-5(2)3-6(7)4-10(8)9;;;;/h7-8H,1-6,11-12H2;5-6,10H,3-4,7H2,1-2H3;4*1H/t;6-;;;;/m.0..../s1. The van der Waals surface area contributed by atoms with Crippen molar-refractivity contribution in [1.29, 1.82) is 0 Å². The van der Waals surface area contributed by atoms with Crippen LogP contribution < -0.4 is 17.2 Å². The van der Waals surface area contributed by atoms with Crippen molar-refractivity contribution in [3.05, 3.63) is 0 Å². The normalized spacial score (nSPS) is 34.4. The van der Waals surface area contributed by atoms with Crippen LogP contribution in [-0.4, -0.2) is 22.9 Å². The van der Waals surface area contributed by atoms with Crippen LogP contribution in [0.2, 0.25) is 0 Å². The van der Waals surface area contributed by atoms with Crippen LogP contribution in [0.4, 0.5) is 0 Å². The van der Waals surface area contributed by atoms with Crippen molar-refractivity contribution in [2.24, 2.45) is 35.0 Å². The molecule has 0 spiro atoms.